The molecule has 0 spiro atoms. The molecular formula is C17H21N3. The average molecular weight is 267 g/mol. The highest BCUT2D eigenvalue weighted by molar-refractivity contribution is 5.30. The van der Waals surface area contributed by atoms with Crippen molar-refractivity contribution in [1.29, 1.82) is 5.26 Å². The van der Waals surface area contributed by atoms with Gasteiger partial charge in [-0.1, -0.05) is 45.0 Å². The maximum Gasteiger partial charge on any atom is 0.161 e. The van der Waals surface area contributed by atoms with Crippen LogP contribution in [0.15, 0.2) is 24.3 Å². The number of rotatable bonds is 3. The third-order valence-electron chi connectivity index (χ3n) is 3.49. The van der Waals surface area contributed by atoms with E-state index < -0.39 is 0 Å². The first-order valence-electron chi connectivity index (χ1n) is 6.95. The minimum absolute atomic E-state index is 0.187. The van der Waals surface area contributed by atoms with Gasteiger partial charge in [-0.25, -0.2) is 4.98 Å². The van der Waals surface area contributed by atoms with Crippen molar-refractivity contribution in [3.05, 3.63) is 52.6 Å². The molecule has 0 aliphatic carbocycles. The summed E-state index contributed by atoms with van der Waals surface area (Å²) >= 11 is 0. The zero-order valence-electron chi connectivity index (χ0n) is 12.6. The number of benzene rings is 1. The average Bonchev–Trinajstić information content (AvgIpc) is 2.76. The van der Waals surface area contributed by atoms with Crippen LogP contribution in [0.3, 0.4) is 0 Å². The molecule has 0 bridgehead atoms. The lowest BCUT2D eigenvalue weighted by Gasteiger charge is -2.19. The largest absolute Gasteiger partial charge is 0.345 e. The van der Waals surface area contributed by atoms with Gasteiger partial charge in [-0.15, -0.1) is 0 Å². The van der Waals surface area contributed by atoms with Crippen LogP contribution in [0.4, 0.5) is 0 Å². The summed E-state index contributed by atoms with van der Waals surface area (Å²) in [4.78, 5) is 7.34. The molecule has 2 rings (SSSR count). The van der Waals surface area contributed by atoms with Crippen molar-refractivity contribution in [2.24, 2.45) is 0 Å². The minimum Gasteiger partial charge on any atom is -0.345 e. The highest BCUT2D eigenvalue weighted by atomic mass is 14.9. The molecule has 0 atom stereocenters. The van der Waals surface area contributed by atoms with E-state index in [4.69, 9.17) is 5.26 Å². The summed E-state index contributed by atoms with van der Waals surface area (Å²) in [5, 5.41) is 9.02. The third-order valence-corrected chi connectivity index (χ3v) is 3.49. The van der Waals surface area contributed by atoms with Crippen molar-refractivity contribution < 1.29 is 0 Å². The molecule has 0 saturated heterocycles. The van der Waals surface area contributed by atoms with Gasteiger partial charge in [-0.2, -0.15) is 5.26 Å². The Kier molecular flexibility index (Phi) is 3.94. The van der Waals surface area contributed by atoms with Crippen molar-refractivity contribution in [2.75, 3.05) is 0 Å². The Hall–Kier alpha value is -2.08. The van der Waals surface area contributed by atoms with Gasteiger partial charge in [0.05, 0.1) is 5.69 Å². The van der Waals surface area contributed by atoms with Crippen LogP contribution in [0.1, 0.15) is 49.1 Å². The van der Waals surface area contributed by atoms with Crippen LogP contribution in [-0.4, -0.2) is 9.97 Å². The van der Waals surface area contributed by atoms with Gasteiger partial charge < -0.3 is 4.98 Å². The second-order valence-electron chi connectivity index (χ2n) is 6.21. The maximum absolute atomic E-state index is 9.02. The lowest BCUT2D eigenvalue weighted by Crippen LogP contribution is -2.10. The van der Waals surface area contributed by atoms with Gasteiger partial charge in [0.15, 0.2) is 5.69 Å². The molecule has 1 N–H and O–H groups in total. The fourth-order valence-corrected chi connectivity index (χ4v) is 2.25. The Morgan fingerprint density at radius 2 is 1.80 bits per heavy atom. The molecule has 3 heteroatoms. The van der Waals surface area contributed by atoms with Gasteiger partial charge in [0.25, 0.3) is 0 Å². The van der Waals surface area contributed by atoms with Gasteiger partial charge in [0.1, 0.15) is 11.9 Å². The smallest absolute Gasteiger partial charge is 0.161 e. The SMILES string of the molecule is Cc1nc(C#N)c(CCc2ccc(C(C)(C)C)cc2)[nH]1. The van der Waals surface area contributed by atoms with Crippen LogP contribution >= 0.6 is 0 Å². The molecule has 0 fully saturated rings. The van der Waals surface area contributed by atoms with Crippen molar-refractivity contribution in [3.8, 4) is 6.07 Å². The molecule has 0 amide bonds. The number of hydrogen-bond donors (Lipinski definition) is 1. The van der Waals surface area contributed by atoms with Gasteiger partial charge in [-0.3, -0.25) is 0 Å². The molecule has 0 unspecified atom stereocenters. The van der Waals surface area contributed by atoms with Gasteiger partial charge in [-0.05, 0) is 36.3 Å². The van der Waals surface area contributed by atoms with E-state index in [1.165, 1.54) is 11.1 Å². The first-order valence-corrected chi connectivity index (χ1v) is 6.95. The first kappa shape index (κ1) is 14.3. The molecule has 0 aliphatic rings. The predicted octanol–water partition coefficient (Wildman–Crippen LogP) is 3.67. The highest BCUT2D eigenvalue weighted by Gasteiger charge is 2.13. The topological polar surface area (TPSA) is 52.5 Å². The van der Waals surface area contributed by atoms with Crippen LogP contribution in [0.5, 0.6) is 0 Å². The second kappa shape index (κ2) is 5.50. The zero-order valence-corrected chi connectivity index (χ0v) is 12.6. The predicted molar refractivity (Wildman–Crippen MR) is 80.6 cm³/mol. The molecule has 0 saturated carbocycles. The zero-order chi connectivity index (χ0) is 14.8. The highest BCUT2D eigenvalue weighted by Crippen LogP contribution is 2.22. The molecule has 104 valence electrons. The Labute approximate surface area is 120 Å². The van der Waals surface area contributed by atoms with E-state index in [2.05, 4.69) is 61.1 Å². The summed E-state index contributed by atoms with van der Waals surface area (Å²) in [6, 6.07) is 10.9. The van der Waals surface area contributed by atoms with E-state index in [0.29, 0.717) is 5.69 Å². The molecule has 2 aromatic rings. The molecule has 1 aromatic heterocycles. The van der Waals surface area contributed by atoms with Gasteiger partial charge >= 0.3 is 0 Å². The van der Waals surface area contributed by atoms with E-state index in [-0.39, 0.29) is 5.41 Å². The Balaban J connectivity index is 2.06. The lowest BCUT2D eigenvalue weighted by atomic mass is 9.86. The number of imidazole rings is 1. The number of nitriles is 1. The molecule has 1 aromatic carbocycles. The number of hydrogen-bond acceptors (Lipinski definition) is 2. The first-order chi connectivity index (χ1) is 9.40. The van der Waals surface area contributed by atoms with E-state index >= 15 is 0 Å². The van der Waals surface area contributed by atoms with Crippen LogP contribution < -0.4 is 0 Å². The van der Waals surface area contributed by atoms with Crippen molar-refractivity contribution in [3.63, 3.8) is 0 Å². The van der Waals surface area contributed by atoms with Crippen LogP contribution in [0, 0.1) is 18.3 Å². The quantitative estimate of drug-likeness (QED) is 0.922. The summed E-state index contributed by atoms with van der Waals surface area (Å²) in [6.45, 7) is 8.53. The van der Waals surface area contributed by atoms with Crippen molar-refractivity contribution in [2.45, 2.75) is 46.0 Å². The molecule has 0 aliphatic heterocycles. The van der Waals surface area contributed by atoms with Crippen molar-refractivity contribution >= 4 is 0 Å². The number of aromatic nitrogens is 2. The Morgan fingerprint density at radius 3 is 2.35 bits per heavy atom. The normalized spacial score (nSPS) is 11.3. The number of nitrogens with one attached hydrogen (secondary N) is 1. The number of aromatic amines is 1. The lowest BCUT2D eigenvalue weighted by molar-refractivity contribution is 0.590. The van der Waals surface area contributed by atoms with Crippen LogP contribution in [0.2, 0.25) is 0 Å². The summed E-state index contributed by atoms with van der Waals surface area (Å²) in [7, 11) is 0. The number of aryl methyl sites for hydroxylation is 3. The van der Waals surface area contributed by atoms with Gasteiger partial charge in [0, 0.05) is 0 Å². The summed E-state index contributed by atoms with van der Waals surface area (Å²) in [5.41, 5.74) is 4.27. The summed E-state index contributed by atoms with van der Waals surface area (Å²) in [5.74, 6) is 0.805. The fraction of sp³-hybridized carbons (Fsp3) is 0.412. The second-order valence-corrected chi connectivity index (χ2v) is 6.21. The standard InChI is InChI=1S/C17H21N3/c1-12-19-15(16(11-18)20-12)10-7-13-5-8-14(9-6-13)17(2,3)4/h5-6,8-9H,7,10H2,1-4H3,(H,19,20). The van der Waals surface area contributed by atoms with E-state index in [9.17, 15) is 0 Å². The molecule has 0 radical (unpaired) electrons. The minimum atomic E-state index is 0.187. The molecule has 1 heterocycles. The Bertz CT molecular complexity index is 622. The van der Waals surface area contributed by atoms with E-state index in [0.717, 1.165) is 24.4 Å². The van der Waals surface area contributed by atoms with Crippen LogP contribution in [-0.2, 0) is 18.3 Å². The fourth-order valence-electron chi connectivity index (χ4n) is 2.25. The molecule has 3 nitrogen and oxygen atoms in total. The van der Waals surface area contributed by atoms with Crippen LogP contribution in [0.25, 0.3) is 0 Å². The molecule has 20 heavy (non-hydrogen) atoms. The van der Waals surface area contributed by atoms with E-state index in [1.807, 2.05) is 6.92 Å². The number of H-pyrrole nitrogens is 1. The Morgan fingerprint density at radius 1 is 1.15 bits per heavy atom. The van der Waals surface area contributed by atoms with Gasteiger partial charge in [0.2, 0.25) is 0 Å². The summed E-state index contributed by atoms with van der Waals surface area (Å²) in [6.07, 6.45) is 1.74. The van der Waals surface area contributed by atoms with Crippen molar-refractivity contribution in [1.82, 2.24) is 9.97 Å². The van der Waals surface area contributed by atoms with E-state index in [1.54, 1.807) is 0 Å². The third kappa shape index (κ3) is 3.27. The molecular weight excluding hydrogens is 246 g/mol. The summed E-state index contributed by atoms with van der Waals surface area (Å²) < 4.78 is 0. The number of nitrogens with zero attached hydrogens (tertiary/aromatic N) is 2. The monoisotopic (exact) mass is 267 g/mol. The maximum atomic E-state index is 9.02.